The third-order valence-corrected chi connectivity index (χ3v) is 2.62. The normalized spacial score (nSPS) is 19.9. The Labute approximate surface area is 76.4 Å². The number of aromatic nitrogens is 1. The molecule has 13 heavy (non-hydrogen) atoms. The number of carboxylic acid groups (broad SMARTS) is 1. The smallest absolute Gasteiger partial charge is 0.307 e. The SMILES string of the molecule is Cc1ccnc2c1CC(C(=O)O)C2. The van der Waals surface area contributed by atoms with Gasteiger partial charge in [-0.1, -0.05) is 0 Å². The highest BCUT2D eigenvalue weighted by molar-refractivity contribution is 5.72. The number of hydrogen-bond acceptors (Lipinski definition) is 2. The Morgan fingerprint density at radius 2 is 2.38 bits per heavy atom. The Kier molecular flexibility index (Phi) is 1.79. The molecular formula is C10H11NO2. The van der Waals surface area contributed by atoms with E-state index in [1.807, 2.05) is 13.0 Å². The van der Waals surface area contributed by atoms with Crippen molar-refractivity contribution < 1.29 is 9.90 Å². The molecule has 0 bridgehead atoms. The summed E-state index contributed by atoms with van der Waals surface area (Å²) in [6, 6.07) is 1.93. The van der Waals surface area contributed by atoms with Crippen LogP contribution in [0.15, 0.2) is 12.3 Å². The van der Waals surface area contributed by atoms with Crippen LogP contribution in [0.3, 0.4) is 0 Å². The van der Waals surface area contributed by atoms with Crippen molar-refractivity contribution >= 4 is 5.97 Å². The van der Waals surface area contributed by atoms with Crippen LogP contribution in [0.2, 0.25) is 0 Å². The number of carbonyl (C=O) groups is 1. The zero-order chi connectivity index (χ0) is 9.42. The maximum absolute atomic E-state index is 10.8. The average molecular weight is 177 g/mol. The number of hydrogen-bond donors (Lipinski definition) is 1. The lowest BCUT2D eigenvalue weighted by Crippen LogP contribution is -2.13. The predicted octanol–water partition coefficient (Wildman–Crippen LogP) is 1.19. The van der Waals surface area contributed by atoms with Crippen molar-refractivity contribution in [1.82, 2.24) is 4.98 Å². The zero-order valence-corrected chi connectivity index (χ0v) is 7.45. The molecule has 0 aromatic carbocycles. The highest BCUT2D eigenvalue weighted by Crippen LogP contribution is 2.27. The maximum atomic E-state index is 10.8. The first-order chi connectivity index (χ1) is 6.18. The second kappa shape index (κ2) is 2.83. The molecule has 0 saturated carbocycles. The van der Waals surface area contributed by atoms with E-state index in [-0.39, 0.29) is 5.92 Å². The second-order valence-electron chi connectivity index (χ2n) is 3.50. The van der Waals surface area contributed by atoms with E-state index in [1.54, 1.807) is 6.20 Å². The maximum Gasteiger partial charge on any atom is 0.307 e. The van der Waals surface area contributed by atoms with Gasteiger partial charge in [0.15, 0.2) is 0 Å². The van der Waals surface area contributed by atoms with Gasteiger partial charge in [0.25, 0.3) is 0 Å². The Morgan fingerprint density at radius 3 is 3.00 bits per heavy atom. The van der Waals surface area contributed by atoms with Crippen molar-refractivity contribution in [2.24, 2.45) is 5.92 Å². The minimum Gasteiger partial charge on any atom is -0.481 e. The number of nitrogens with zero attached hydrogens (tertiary/aromatic N) is 1. The lowest BCUT2D eigenvalue weighted by atomic mass is 10.1. The molecule has 1 aliphatic carbocycles. The van der Waals surface area contributed by atoms with E-state index in [0.717, 1.165) is 16.8 Å². The summed E-state index contributed by atoms with van der Waals surface area (Å²) >= 11 is 0. The van der Waals surface area contributed by atoms with Crippen molar-refractivity contribution in [3.8, 4) is 0 Å². The molecule has 1 heterocycles. The van der Waals surface area contributed by atoms with E-state index in [4.69, 9.17) is 5.11 Å². The van der Waals surface area contributed by atoms with Crippen LogP contribution >= 0.6 is 0 Å². The van der Waals surface area contributed by atoms with Gasteiger partial charge in [-0.25, -0.2) is 0 Å². The third-order valence-electron chi connectivity index (χ3n) is 2.62. The molecule has 2 rings (SSSR count). The molecule has 1 unspecified atom stereocenters. The predicted molar refractivity (Wildman–Crippen MR) is 47.5 cm³/mol. The molecule has 0 aliphatic heterocycles. The van der Waals surface area contributed by atoms with Crippen LogP contribution in [-0.2, 0) is 17.6 Å². The third kappa shape index (κ3) is 1.30. The molecule has 68 valence electrons. The summed E-state index contributed by atoms with van der Waals surface area (Å²) in [6.07, 6.45) is 2.98. The lowest BCUT2D eigenvalue weighted by molar-refractivity contribution is -0.141. The molecule has 0 radical (unpaired) electrons. The van der Waals surface area contributed by atoms with Gasteiger partial charge in [0.05, 0.1) is 5.92 Å². The first-order valence-corrected chi connectivity index (χ1v) is 4.34. The number of aryl methyl sites for hydroxylation is 1. The summed E-state index contributed by atoms with van der Waals surface area (Å²) in [5, 5.41) is 8.85. The summed E-state index contributed by atoms with van der Waals surface area (Å²) in [6.45, 7) is 2.00. The highest BCUT2D eigenvalue weighted by atomic mass is 16.4. The van der Waals surface area contributed by atoms with Crippen molar-refractivity contribution in [3.05, 3.63) is 29.1 Å². The lowest BCUT2D eigenvalue weighted by Gasteiger charge is -2.00. The summed E-state index contributed by atoms with van der Waals surface area (Å²) in [5.41, 5.74) is 3.26. The summed E-state index contributed by atoms with van der Waals surface area (Å²) in [4.78, 5) is 14.9. The molecule has 1 aromatic rings. The fourth-order valence-corrected chi connectivity index (χ4v) is 1.83. The van der Waals surface area contributed by atoms with Gasteiger partial charge in [-0.15, -0.1) is 0 Å². The van der Waals surface area contributed by atoms with E-state index in [2.05, 4.69) is 4.98 Å². The van der Waals surface area contributed by atoms with Crippen molar-refractivity contribution in [1.29, 1.82) is 0 Å². The van der Waals surface area contributed by atoms with Crippen molar-refractivity contribution in [2.75, 3.05) is 0 Å². The molecule has 3 nitrogen and oxygen atoms in total. The van der Waals surface area contributed by atoms with E-state index in [1.165, 1.54) is 0 Å². The van der Waals surface area contributed by atoms with Gasteiger partial charge in [0, 0.05) is 18.3 Å². The highest BCUT2D eigenvalue weighted by Gasteiger charge is 2.28. The molecule has 3 heteroatoms. The van der Waals surface area contributed by atoms with Crippen LogP contribution in [0, 0.1) is 12.8 Å². The number of fused-ring (bicyclic) bond motifs is 1. The van der Waals surface area contributed by atoms with Gasteiger partial charge in [-0.3, -0.25) is 9.78 Å². The molecule has 0 fully saturated rings. The molecule has 1 N–H and O–H groups in total. The van der Waals surface area contributed by atoms with Crippen LogP contribution in [0.25, 0.3) is 0 Å². The zero-order valence-electron chi connectivity index (χ0n) is 7.45. The van der Waals surface area contributed by atoms with Crippen molar-refractivity contribution in [2.45, 2.75) is 19.8 Å². The number of aliphatic carboxylic acids is 1. The topological polar surface area (TPSA) is 50.2 Å². The summed E-state index contributed by atoms with van der Waals surface area (Å²) < 4.78 is 0. The Hall–Kier alpha value is -1.38. The van der Waals surface area contributed by atoms with E-state index < -0.39 is 5.97 Å². The van der Waals surface area contributed by atoms with E-state index in [0.29, 0.717) is 12.8 Å². The molecule has 1 atom stereocenters. The van der Waals surface area contributed by atoms with Crippen LogP contribution in [0.5, 0.6) is 0 Å². The fraction of sp³-hybridized carbons (Fsp3) is 0.400. The van der Waals surface area contributed by atoms with E-state index in [9.17, 15) is 4.79 Å². The Bertz CT molecular complexity index is 360. The Morgan fingerprint density at radius 1 is 1.62 bits per heavy atom. The first kappa shape index (κ1) is 8.23. The molecule has 1 aromatic heterocycles. The van der Waals surface area contributed by atoms with Gasteiger partial charge in [0.2, 0.25) is 0 Å². The number of rotatable bonds is 1. The summed E-state index contributed by atoms with van der Waals surface area (Å²) in [7, 11) is 0. The van der Waals surface area contributed by atoms with Gasteiger partial charge in [0.1, 0.15) is 0 Å². The fourth-order valence-electron chi connectivity index (χ4n) is 1.83. The first-order valence-electron chi connectivity index (χ1n) is 4.34. The van der Waals surface area contributed by atoms with Gasteiger partial charge >= 0.3 is 5.97 Å². The summed E-state index contributed by atoms with van der Waals surface area (Å²) in [5.74, 6) is -0.971. The Balaban J connectivity index is 2.35. The minimum atomic E-state index is -0.711. The minimum absolute atomic E-state index is 0.261. The number of pyridine rings is 1. The van der Waals surface area contributed by atoms with E-state index >= 15 is 0 Å². The van der Waals surface area contributed by atoms with Gasteiger partial charge in [-0.05, 0) is 30.5 Å². The molecule has 0 amide bonds. The van der Waals surface area contributed by atoms with Crippen LogP contribution in [0.1, 0.15) is 16.8 Å². The molecular weight excluding hydrogens is 166 g/mol. The molecule has 1 aliphatic rings. The van der Waals surface area contributed by atoms with Gasteiger partial charge < -0.3 is 5.11 Å². The van der Waals surface area contributed by atoms with Crippen LogP contribution < -0.4 is 0 Å². The quantitative estimate of drug-likeness (QED) is 0.701. The molecule has 0 spiro atoms. The largest absolute Gasteiger partial charge is 0.481 e. The van der Waals surface area contributed by atoms with Crippen LogP contribution in [0.4, 0.5) is 0 Å². The monoisotopic (exact) mass is 177 g/mol. The average Bonchev–Trinajstić information content (AvgIpc) is 2.49. The number of carboxylic acids is 1. The standard InChI is InChI=1S/C10H11NO2/c1-6-2-3-11-9-5-7(10(12)13)4-8(6)9/h2-3,7H,4-5H2,1H3,(H,12,13). The van der Waals surface area contributed by atoms with Gasteiger partial charge in [-0.2, -0.15) is 0 Å². The van der Waals surface area contributed by atoms with Crippen LogP contribution in [-0.4, -0.2) is 16.1 Å². The second-order valence-corrected chi connectivity index (χ2v) is 3.50. The van der Waals surface area contributed by atoms with Crippen molar-refractivity contribution in [3.63, 3.8) is 0 Å². The molecule has 0 saturated heterocycles.